The van der Waals surface area contributed by atoms with Crippen LogP contribution in [0.3, 0.4) is 0 Å². The van der Waals surface area contributed by atoms with Crippen LogP contribution in [0.2, 0.25) is 0 Å². The molecule has 2 heterocycles. The first-order chi connectivity index (χ1) is 14.5. The van der Waals surface area contributed by atoms with Crippen molar-refractivity contribution < 1.29 is 9.53 Å². The van der Waals surface area contributed by atoms with Gasteiger partial charge in [0.2, 0.25) is 5.95 Å². The molecular weight excluding hydrogens is 406 g/mol. The molecule has 0 radical (unpaired) electrons. The fraction of sp³-hybridized carbons (Fsp3) is 0.480. The summed E-state index contributed by atoms with van der Waals surface area (Å²) in [5, 5.41) is 4.21. The molecule has 1 N–H and O–H groups in total. The molecule has 0 fully saturated rings. The third-order valence-corrected chi connectivity index (χ3v) is 6.70. The fourth-order valence-corrected chi connectivity index (χ4v) is 5.01. The summed E-state index contributed by atoms with van der Waals surface area (Å²) < 4.78 is 5.60. The van der Waals surface area contributed by atoms with Crippen LogP contribution >= 0.6 is 11.8 Å². The molecule has 0 saturated heterocycles. The van der Waals surface area contributed by atoms with Crippen LogP contribution < -0.4 is 5.32 Å². The van der Waals surface area contributed by atoms with E-state index in [0.29, 0.717) is 12.4 Å². The number of esters is 1. The van der Waals surface area contributed by atoms with E-state index in [1.165, 1.54) is 5.57 Å². The van der Waals surface area contributed by atoms with Crippen molar-refractivity contribution in [3.8, 4) is 0 Å². The fourth-order valence-electron chi connectivity index (χ4n) is 3.84. The molecule has 0 bridgehead atoms. The highest BCUT2D eigenvalue weighted by molar-refractivity contribution is 8.01. The minimum Gasteiger partial charge on any atom is -0.459 e. The van der Waals surface area contributed by atoms with E-state index in [4.69, 9.17) is 9.72 Å². The lowest BCUT2D eigenvalue weighted by Gasteiger charge is -2.25. The van der Waals surface area contributed by atoms with Crippen molar-refractivity contribution in [1.29, 1.82) is 0 Å². The molecule has 5 nitrogen and oxygen atoms in total. The van der Waals surface area contributed by atoms with Gasteiger partial charge in [-0.2, -0.15) is 0 Å². The van der Waals surface area contributed by atoms with Gasteiger partial charge in [0.1, 0.15) is 10.9 Å². The Morgan fingerprint density at radius 3 is 2.61 bits per heavy atom. The number of benzene rings is 1. The molecule has 6 heteroatoms. The summed E-state index contributed by atoms with van der Waals surface area (Å²) in [6.07, 6.45) is 10.1. The molecule has 1 aromatic carbocycles. The first kappa shape index (κ1) is 21.9. The smallest absolute Gasteiger partial charge is 0.320 e. The molecule has 0 amide bonds. The van der Waals surface area contributed by atoms with Crippen molar-refractivity contribution in [1.82, 2.24) is 9.97 Å². The average molecular weight is 438 g/mol. The van der Waals surface area contributed by atoms with Crippen LogP contribution in [0.25, 0.3) is 10.9 Å². The van der Waals surface area contributed by atoms with Crippen molar-refractivity contribution in [2.45, 2.75) is 76.2 Å². The number of thioether (sulfide) groups is 1. The van der Waals surface area contributed by atoms with E-state index in [9.17, 15) is 4.79 Å². The molecule has 2 unspecified atom stereocenters. The molecule has 2 atom stereocenters. The second-order valence-corrected chi connectivity index (χ2v) is 11.5. The number of rotatable bonds is 3. The second kappa shape index (κ2) is 7.97. The third kappa shape index (κ3) is 4.95. The zero-order valence-electron chi connectivity index (χ0n) is 19.2. The Morgan fingerprint density at radius 2 is 1.97 bits per heavy atom. The van der Waals surface area contributed by atoms with Gasteiger partial charge in [0.05, 0.1) is 11.6 Å². The van der Waals surface area contributed by atoms with Crippen molar-refractivity contribution in [2.24, 2.45) is 5.41 Å². The molecule has 1 aliphatic carbocycles. The zero-order chi connectivity index (χ0) is 22.4. The van der Waals surface area contributed by atoms with Gasteiger partial charge in [0.25, 0.3) is 0 Å². The van der Waals surface area contributed by atoms with Gasteiger partial charge in [-0.25, -0.2) is 9.97 Å². The van der Waals surface area contributed by atoms with E-state index >= 15 is 0 Å². The molecule has 2 aromatic rings. The quantitative estimate of drug-likeness (QED) is 0.621. The van der Waals surface area contributed by atoms with E-state index in [0.717, 1.165) is 27.8 Å². The number of nitrogens with one attached hydrogen (secondary N) is 1. The normalized spacial score (nSPS) is 21.0. The van der Waals surface area contributed by atoms with Gasteiger partial charge in [-0.3, -0.25) is 4.79 Å². The Labute approximate surface area is 188 Å². The maximum Gasteiger partial charge on any atom is 0.320 e. The first-order valence-corrected chi connectivity index (χ1v) is 11.7. The van der Waals surface area contributed by atoms with E-state index in [-0.39, 0.29) is 22.7 Å². The van der Waals surface area contributed by atoms with Gasteiger partial charge in [0, 0.05) is 16.5 Å². The minimum absolute atomic E-state index is 0.157. The molecule has 1 aromatic heterocycles. The number of anilines is 1. The maximum atomic E-state index is 12.6. The van der Waals surface area contributed by atoms with Crippen molar-refractivity contribution >= 4 is 34.6 Å². The van der Waals surface area contributed by atoms with E-state index < -0.39 is 5.60 Å². The summed E-state index contributed by atoms with van der Waals surface area (Å²) in [6, 6.07) is 4.26. The topological polar surface area (TPSA) is 64.1 Å². The van der Waals surface area contributed by atoms with Gasteiger partial charge in [-0.15, -0.1) is 11.8 Å². The minimum atomic E-state index is -0.484. The number of fused-ring (bicyclic) bond motifs is 3. The van der Waals surface area contributed by atoms with Crippen molar-refractivity contribution in [3.63, 3.8) is 0 Å². The van der Waals surface area contributed by atoms with Gasteiger partial charge in [-0.1, -0.05) is 45.1 Å². The number of ether oxygens (including phenoxy) is 1. The number of allylic oxidation sites excluding steroid dienone is 2. The SMILES string of the molecule is CC(C)(C)OC(=O)C1Cc2c(ccc3cnc(NC4C=CC(C(C)(C)C)=CC4)nc23)S1. The average Bonchev–Trinajstić information content (AvgIpc) is 3.11. The van der Waals surface area contributed by atoms with Crippen LogP contribution in [-0.4, -0.2) is 32.8 Å². The lowest BCUT2D eigenvalue weighted by molar-refractivity contribution is -0.154. The molecule has 4 rings (SSSR count). The summed E-state index contributed by atoms with van der Waals surface area (Å²) in [6.45, 7) is 12.4. The molecule has 0 spiro atoms. The van der Waals surface area contributed by atoms with Crippen LogP contribution in [0.15, 0.2) is 47.0 Å². The standard InChI is InChI=1S/C25H31N3O2S/c1-24(2,3)16-8-10-17(11-9-16)27-23-26-14-15-7-12-19-18(21(15)28-23)13-20(31-19)22(29)30-25(4,5)6/h7-10,12,14,17,20H,11,13H2,1-6H3,(H,26,27,28). The molecule has 2 aliphatic rings. The summed E-state index contributed by atoms with van der Waals surface area (Å²) in [5.74, 6) is 0.455. The number of nitrogens with zero attached hydrogens (tertiary/aromatic N) is 2. The molecule has 0 saturated carbocycles. The number of hydrogen-bond acceptors (Lipinski definition) is 6. The Morgan fingerprint density at radius 1 is 1.19 bits per heavy atom. The Kier molecular flexibility index (Phi) is 5.63. The molecule has 164 valence electrons. The third-order valence-electron chi connectivity index (χ3n) is 5.42. The summed E-state index contributed by atoms with van der Waals surface area (Å²) in [5.41, 5.74) is 3.05. The van der Waals surface area contributed by atoms with E-state index in [1.807, 2.05) is 33.0 Å². The largest absolute Gasteiger partial charge is 0.459 e. The number of hydrogen-bond donors (Lipinski definition) is 1. The Hall–Kier alpha value is -2.34. The van der Waals surface area contributed by atoms with Crippen LogP contribution in [-0.2, 0) is 16.0 Å². The molecule has 31 heavy (non-hydrogen) atoms. The van der Waals surface area contributed by atoms with Crippen molar-refractivity contribution in [3.05, 3.63) is 47.7 Å². The van der Waals surface area contributed by atoms with Gasteiger partial charge in [0.15, 0.2) is 0 Å². The highest BCUT2D eigenvalue weighted by atomic mass is 32.2. The highest BCUT2D eigenvalue weighted by Crippen LogP contribution is 2.41. The molecular formula is C25H31N3O2S. The van der Waals surface area contributed by atoms with Gasteiger partial charge in [-0.05, 0) is 56.2 Å². The van der Waals surface area contributed by atoms with Crippen molar-refractivity contribution in [2.75, 3.05) is 5.32 Å². The lowest BCUT2D eigenvalue weighted by Crippen LogP contribution is -2.30. The van der Waals surface area contributed by atoms with Crippen LogP contribution in [0.1, 0.15) is 53.5 Å². The van der Waals surface area contributed by atoms with Crippen LogP contribution in [0.4, 0.5) is 5.95 Å². The number of carbonyl (C=O) groups is 1. The Balaban J connectivity index is 1.52. The second-order valence-electron chi connectivity index (χ2n) is 10.3. The van der Waals surface area contributed by atoms with Crippen LogP contribution in [0.5, 0.6) is 0 Å². The number of carbonyl (C=O) groups excluding carboxylic acids is 1. The monoisotopic (exact) mass is 437 g/mol. The summed E-state index contributed by atoms with van der Waals surface area (Å²) >= 11 is 1.57. The Bertz CT molecular complexity index is 1080. The summed E-state index contributed by atoms with van der Waals surface area (Å²) in [4.78, 5) is 23.0. The number of aromatic nitrogens is 2. The van der Waals surface area contributed by atoms with Gasteiger partial charge >= 0.3 is 5.97 Å². The predicted octanol–water partition coefficient (Wildman–Crippen LogP) is 5.70. The first-order valence-electron chi connectivity index (χ1n) is 10.8. The maximum absolute atomic E-state index is 12.6. The van der Waals surface area contributed by atoms with E-state index in [2.05, 4.69) is 55.4 Å². The van der Waals surface area contributed by atoms with Crippen LogP contribution in [0, 0.1) is 5.41 Å². The van der Waals surface area contributed by atoms with E-state index in [1.54, 1.807) is 11.8 Å². The molecule has 1 aliphatic heterocycles. The summed E-state index contributed by atoms with van der Waals surface area (Å²) in [7, 11) is 0. The zero-order valence-corrected chi connectivity index (χ0v) is 20.0. The lowest BCUT2D eigenvalue weighted by atomic mass is 9.83. The van der Waals surface area contributed by atoms with Gasteiger partial charge < -0.3 is 10.1 Å². The predicted molar refractivity (Wildman–Crippen MR) is 127 cm³/mol. The highest BCUT2D eigenvalue weighted by Gasteiger charge is 2.33.